The van der Waals surface area contributed by atoms with Crippen LogP contribution in [0.1, 0.15) is 15.9 Å². The summed E-state index contributed by atoms with van der Waals surface area (Å²) < 4.78 is 1.43. The minimum Gasteiger partial charge on any atom is -0.478 e. The number of carboxylic acids is 1. The maximum absolute atomic E-state index is 12.8. The highest BCUT2D eigenvalue weighted by Gasteiger charge is 2.16. The number of carboxylic acid groups (broad SMARTS) is 1. The first-order valence-electron chi connectivity index (χ1n) is 9.47. The van der Waals surface area contributed by atoms with Crippen LogP contribution in [0.4, 0.5) is 0 Å². The van der Waals surface area contributed by atoms with Crippen LogP contribution < -0.4 is 5.56 Å². The predicted molar refractivity (Wildman–Crippen MR) is 116 cm³/mol. The monoisotopic (exact) mass is 395 g/mol. The minimum atomic E-state index is -1.02. The zero-order chi connectivity index (χ0) is 20.8. The van der Waals surface area contributed by atoms with E-state index >= 15 is 0 Å². The molecule has 2 N–H and O–H groups in total. The molecule has 30 heavy (non-hydrogen) atoms. The number of aromatic carboxylic acids is 1. The van der Waals surface area contributed by atoms with Crippen LogP contribution in [-0.2, 0) is 0 Å². The van der Waals surface area contributed by atoms with Crippen molar-refractivity contribution < 1.29 is 9.90 Å². The second-order valence-electron chi connectivity index (χ2n) is 7.16. The lowest BCUT2D eigenvalue weighted by Gasteiger charge is -2.05. The van der Waals surface area contributed by atoms with E-state index in [9.17, 15) is 14.7 Å². The second kappa shape index (κ2) is 6.70. The van der Waals surface area contributed by atoms with Crippen molar-refractivity contribution in [1.29, 1.82) is 0 Å². The molecule has 2 aromatic heterocycles. The molecule has 0 atom stereocenters. The zero-order valence-corrected chi connectivity index (χ0v) is 16.1. The first-order chi connectivity index (χ1) is 14.5. The van der Waals surface area contributed by atoms with Crippen molar-refractivity contribution in [1.82, 2.24) is 14.6 Å². The molecule has 0 aliphatic carbocycles. The number of nitrogens with one attached hydrogen (secondary N) is 1. The van der Waals surface area contributed by atoms with Crippen LogP contribution in [-0.4, -0.2) is 25.7 Å². The molecule has 0 saturated carbocycles. The summed E-state index contributed by atoms with van der Waals surface area (Å²) in [5, 5.41) is 14.6. The average molecular weight is 395 g/mol. The molecule has 146 valence electrons. The number of benzene rings is 3. The van der Waals surface area contributed by atoms with Crippen molar-refractivity contribution >= 4 is 22.4 Å². The lowest BCUT2D eigenvalue weighted by Crippen LogP contribution is -2.14. The summed E-state index contributed by atoms with van der Waals surface area (Å²) in [7, 11) is 0. The number of carbonyl (C=O) groups is 1. The van der Waals surface area contributed by atoms with Gasteiger partial charge in [-0.15, -0.1) is 0 Å². The topological polar surface area (TPSA) is 87.5 Å². The van der Waals surface area contributed by atoms with Gasteiger partial charge >= 0.3 is 5.97 Å². The molecule has 5 rings (SSSR count). The third-order valence-electron chi connectivity index (χ3n) is 5.32. The van der Waals surface area contributed by atoms with Crippen LogP contribution in [0.5, 0.6) is 0 Å². The molecule has 3 aromatic carbocycles. The zero-order valence-electron chi connectivity index (χ0n) is 16.1. The van der Waals surface area contributed by atoms with Gasteiger partial charge in [0, 0.05) is 22.8 Å². The average Bonchev–Trinajstić information content (AvgIpc) is 3.10. The Hall–Kier alpha value is -4.19. The van der Waals surface area contributed by atoms with Gasteiger partial charge in [-0.2, -0.15) is 0 Å². The second-order valence-corrected chi connectivity index (χ2v) is 7.16. The van der Waals surface area contributed by atoms with Gasteiger partial charge in [-0.25, -0.2) is 14.3 Å². The molecule has 0 amide bonds. The first-order valence-corrected chi connectivity index (χ1v) is 9.47. The van der Waals surface area contributed by atoms with Crippen LogP contribution in [0.3, 0.4) is 0 Å². The molecule has 0 saturated heterocycles. The smallest absolute Gasteiger partial charge is 0.335 e. The quantitative estimate of drug-likeness (QED) is 0.470. The maximum Gasteiger partial charge on any atom is 0.335 e. The number of aromatic amines is 1. The highest BCUT2D eigenvalue weighted by molar-refractivity contribution is 5.97. The Morgan fingerprint density at radius 3 is 2.60 bits per heavy atom. The third-order valence-corrected chi connectivity index (χ3v) is 5.32. The normalized spacial score (nSPS) is 11.2. The highest BCUT2D eigenvalue weighted by Crippen LogP contribution is 2.31. The van der Waals surface area contributed by atoms with Crippen molar-refractivity contribution in [3.8, 4) is 22.5 Å². The Labute approximate surface area is 171 Å². The van der Waals surface area contributed by atoms with Gasteiger partial charge in [-0.1, -0.05) is 54.6 Å². The Morgan fingerprint density at radius 1 is 1.00 bits per heavy atom. The lowest BCUT2D eigenvalue weighted by atomic mass is 10.0. The third kappa shape index (κ3) is 2.78. The summed E-state index contributed by atoms with van der Waals surface area (Å²) >= 11 is 0. The van der Waals surface area contributed by atoms with Gasteiger partial charge in [0.05, 0.1) is 17.0 Å². The molecule has 0 spiro atoms. The standard InChI is InChI=1S/C24H17N3O3/c1-14-22(19-11-5-7-15-6-2-3-10-18(15)19)26-27-21(28)13-20(25-23(14)27)16-8-4-9-17(12-16)24(29)30/h2-13,26H,1H3,(H,29,30). The van der Waals surface area contributed by atoms with Crippen molar-refractivity contribution in [3.05, 3.63) is 94.3 Å². The van der Waals surface area contributed by atoms with Gasteiger partial charge < -0.3 is 5.11 Å². The summed E-state index contributed by atoms with van der Waals surface area (Å²) in [4.78, 5) is 28.8. The van der Waals surface area contributed by atoms with Gasteiger partial charge in [-0.3, -0.25) is 9.89 Å². The van der Waals surface area contributed by atoms with Gasteiger partial charge in [0.2, 0.25) is 0 Å². The number of aryl methyl sites for hydroxylation is 1. The first kappa shape index (κ1) is 17.9. The molecule has 2 heterocycles. The molecular formula is C24H17N3O3. The molecule has 6 heteroatoms. The molecule has 0 bridgehead atoms. The van der Waals surface area contributed by atoms with Gasteiger partial charge in [-0.05, 0) is 29.8 Å². The van der Waals surface area contributed by atoms with Crippen LogP contribution >= 0.6 is 0 Å². The highest BCUT2D eigenvalue weighted by atomic mass is 16.4. The number of hydrogen-bond donors (Lipinski definition) is 2. The molecule has 5 aromatic rings. The van der Waals surface area contributed by atoms with E-state index in [1.807, 2.05) is 31.2 Å². The molecule has 0 fully saturated rings. The molecule has 0 aliphatic heterocycles. The van der Waals surface area contributed by atoms with Crippen molar-refractivity contribution in [3.63, 3.8) is 0 Å². The number of fused-ring (bicyclic) bond motifs is 2. The predicted octanol–water partition coefficient (Wildman–Crippen LogP) is 4.52. The SMILES string of the molecule is Cc1c(-c2cccc3ccccc23)[nH]n2c(=O)cc(-c3cccc(C(=O)O)c3)nc12. The number of H-pyrrole nitrogens is 1. The summed E-state index contributed by atoms with van der Waals surface area (Å²) in [5.41, 5.74) is 4.09. The van der Waals surface area contributed by atoms with E-state index < -0.39 is 5.97 Å². The number of hydrogen-bond acceptors (Lipinski definition) is 3. The van der Waals surface area contributed by atoms with Gasteiger partial charge in [0.15, 0.2) is 5.65 Å². The number of rotatable bonds is 3. The molecule has 6 nitrogen and oxygen atoms in total. The Bertz CT molecular complexity index is 1510. The Balaban J connectivity index is 1.74. The van der Waals surface area contributed by atoms with Crippen LogP contribution in [0, 0.1) is 6.92 Å². The molecule has 0 aliphatic rings. The fraction of sp³-hybridized carbons (Fsp3) is 0.0417. The van der Waals surface area contributed by atoms with Gasteiger partial charge in [0.1, 0.15) is 0 Å². The summed E-state index contributed by atoms with van der Waals surface area (Å²) in [6.07, 6.45) is 0. The summed E-state index contributed by atoms with van der Waals surface area (Å²) in [6, 6.07) is 22.0. The maximum atomic E-state index is 12.8. The van der Waals surface area contributed by atoms with E-state index in [1.165, 1.54) is 22.7 Å². The van der Waals surface area contributed by atoms with E-state index in [2.05, 4.69) is 28.3 Å². The van der Waals surface area contributed by atoms with Crippen molar-refractivity contribution in [2.24, 2.45) is 0 Å². The lowest BCUT2D eigenvalue weighted by molar-refractivity contribution is 0.0697. The van der Waals surface area contributed by atoms with E-state index in [4.69, 9.17) is 0 Å². The van der Waals surface area contributed by atoms with E-state index in [0.29, 0.717) is 16.9 Å². The molecular weight excluding hydrogens is 378 g/mol. The number of aromatic nitrogens is 3. The summed E-state index contributed by atoms with van der Waals surface area (Å²) in [6.45, 7) is 1.92. The number of nitrogens with zero attached hydrogens (tertiary/aromatic N) is 2. The molecule has 0 unspecified atom stereocenters. The minimum absolute atomic E-state index is 0.150. The fourth-order valence-corrected chi connectivity index (χ4v) is 3.81. The van der Waals surface area contributed by atoms with E-state index in [-0.39, 0.29) is 11.1 Å². The van der Waals surface area contributed by atoms with E-state index in [0.717, 1.165) is 27.6 Å². The Morgan fingerprint density at radius 2 is 1.77 bits per heavy atom. The van der Waals surface area contributed by atoms with E-state index in [1.54, 1.807) is 12.1 Å². The van der Waals surface area contributed by atoms with Crippen molar-refractivity contribution in [2.75, 3.05) is 0 Å². The van der Waals surface area contributed by atoms with Crippen LogP contribution in [0.15, 0.2) is 77.6 Å². The van der Waals surface area contributed by atoms with Gasteiger partial charge in [0.25, 0.3) is 5.56 Å². The fourth-order valence-electron chi connectivity index (χ4n) is 3.81. The Kier molecular flexibility index (Phi) is 3.99. The van der Waals surface area contributed by atoms with Crippen LogP contribution in [0.2, 0.25) is 0 Å². The molecule has 0 radical (unpaired) electrons. The summed E-state index contributed by atoms with van der Waals surface area (Å²) in [5.74, 6) is -1.02. The van der Waals surface area contributed by atoms with Crippen molar-refractivity contribution in [2.45, 2.75) is 6.92 Å². The van der Waals surface area contributed by atoms with Crippen LogP contribution in [0.25, 0.3) is 38.9 Å². The largest absolute Gasteiger partial charge is 0.478 e.